The Labute approximate surface area is 222 Å². The lowest BCUT2D eigenvalue weighted by atomic mass is 10.1. The number of aromatic nitrogens is 1. The first-order valence-corrected chi connectivity index (χ1v) is 12.8. The highest BCUT2D eigenvalue weighted by Crippen LogP contribution is 2.32. The van der Waals surface area contributed by atoms with E-state index in [0.717, 1.165) is 29.2 Å². The summed E-state index contributed by atoms with van der Waals surface area (Å²) in [5.74, 6) is -0.306. The number of carbonyl (C=O) groups excluding carboxylic acids is 2. The van der Waals surface area contributed by atoms with E-state index < -0.39 is 5.60 Å². The van der Waals surface area contributed by atoms with Crippen molar-refractivity contribution in [3.8, 4) is 0 Å². The number of hydroxylamine groups is 2. The summed E-state index contributed by atoms with van der Waals surface area (Å²) >= 11 is 5.49. The molecule has 2 aromatic carbocycles. The molecule has 0 spiro atoms. The largest absolute Gasteiger partial charge is 0.356 e. The molecule has 0 saturated heterocycles. The van der Waals surface area contributed by atoms with Gasteiger partial charge in [0.2, 0.25) is 5.91 Å². The molecule has 1 heterocycles. The lowest BCUT2D eigenvalue weighted by Crippen LogP contribution is -2.54. The van der Waals surface area contributed by atoms with E-state index in [1.807, 2.05) is 63.2 Å². The van der Waals surface area contributed by atoms with E-state index in [0.29, 0.717) is 18.5 Å². The first-order valence-electron chi connectivity index (χ1n) is 12.4. The molecule has 37 heavy (non-hydrogen) atoms. The zero-order valence-corrected chi connectivity index (χ0v) is 22.2. The van der Waals surface area contributed by atoms with Gasteiger partial charge in [-0.3, -0.25) is 30.3 Å². The Bertz CT molecular complexity index is 1260. The number of hydrazine groups is 1. The van der Waals surface area contributed by atoms with E-state index >= 15 is 0 Å². The molecule has 0 radical (unpaired) electrons. The van der Waals surface area contributed by atoms with Gasteiger partial charge in [0.15, 0.2) is 5.11 Å². The molecule has 2 amide bonds. The molecule has 1 aromatic heterocycles. The lowest BCUT2D eigenvalue weighted by molar-refractivity contribution is -0.230. The van der Waals surface area contributed by atoms with Crippen LogP contribution in [0.25, 0.3) is 10.8 Å². The van der Waals surface area contributed by atoms with Gasteiger partial charge in [-0.05, 0) is 81.4 Å². The summed E-state index contributed by atoms with van der Waals surface area (Å²) in [5, 5.41) is 6.85. The molecule has 0 aliphatic heterocycles. The van der Waals surface area contributed by atoms with Gasteiger partial charge < -0.3 is 5.32 Å². The number of benzene rings is 2. The van der Waals surface area contributed by atoms with Crippen molar-refractivity contribution in [3.05, 3.63) is 78.1 Å². The van der Waals surface area contributed by atoms with Crippen molar-refractivity contribution < 1.29 is 14.4 Å². The zero-order chi connectivity index (χ0) is 26.4. The van der Waals surface area contributed by atoms with Crippen LogP contribution in [-0.4, -0.2) is 45.2 Å². The van der Waals surface area contributed by atoms with Crippen LogP contribution in [0.2, 0.25) is 0 Å². The summed E-state index contributed by atoms with van der Waals surface area (Å²) in [6.07, 6.45) is 5.82. The lowest BCUT2D eigenvalue weighted by Gasteiger charge is -2.33. The van der Waals surface area contributed by atoms with Crippen molar-refractivity contribution in [1.29, 1.82) is 0 Å². The van der Waals surface area contributed by atoms with Gasteiger partial charge in [-0.1, -0.05) is 36.4 Å². The highest BCUT2D eigenvalue weighted by Gasteiger charge is 2.36. The smallest absolute Gasteiger partial charge is 0.269 e. The minimum Gasteiger partial charge on any atom is -0.356 e. The highest BCUT2D eigenvalue weighted by atomic mass is 32.1. The summed E-state index contributed by atoms with van der Waals surface area (Å²) < 4.78 is 0. The van der Waals surface area contributed by atoms with Crippen LogP contribution in [0.15, 0.2) is 67.0 Å². The number of rotatable bonds is 8. The van der Waals surface area contributed by atoms with E-state index in [1.54, 1.807) is 24.5 Å². The van der Waals surface area contributed by atoms with Gasteiger partial charge in [0.25, 0.3) is 5.91 Å². The topological polar surface area (TPSA) is 95.6 Å². The maximum absolute atomic E-state index is 13.0. The van der Waals surface area contributed by atoms with Gasteiger partial charge in [0.1, 0.15) is 0 Å². The maximum atomic E-state index is 13.0. The van der Waals surface area contributed by atoms with E-state index in [1.165, 1.54) is 5.06 Å². The van der Waals surface area contributed by atoms with Gasteiger partial charge in [0, 0.05) is 29.3 Å². The fraction of sp³-hybridized carbons (Fsp3) is 0.357. The zero-order valence-electron chi connectivity index (χ0n) is 21.4. The van der Waals surface area contributed by atoms with Gasteiger partial charge in [-0.25, -0.2) is 5.06 Å². The maximum Gasteiger partial charge on any atom is 0.269 e. The molecule has 4 rings (SSSR count). The number of hydrogen-bond acceptors (Lipinski definition) is 5. The quantitative estimate of drug-likeness (QED) is 0.307. The van der Waals surface area contributed by atoms with Crippen LogP contribution >= 0.6 is 12.2 Å². The molecule has 8 nitrogen and oxygen atoms in total. The molecule has 194 valence electrons. The number of fused-ring (bicyclic) bond motifs is 1. The van der Waals surface area contributed by atoms with Crippen molar-refractivity contribution in [2.45, 2.75) is 51.7 Å². The van der Waals surface area contributed by atoms with Crippen LogP contribution in [0.1, 0.15) is 49.5 Å². The van der Waals surface area contributed by atoms with Crippen LogP contribution in [-0.2, 0) is 16.1 Å². The standard InChI is InChI=1S/C28H33N5O3S/c1-28(2,3)36-33(26(35)20-9-10-20)18-24(15-19-7-5-4-6-8-19)30-27(37)32-31-25(34)22-11-12-23-17-29-14-13-21(23)16-22/h4-8,11-14,16-17,20,24H,9-10,15,18H2,1-3H3,(H,31,34)(H2,30,32,37). The van der Waals surface area contributed by atoms with Crippen molar-refractivity contribution in [2.75, 3.05) is 6.54 Å². The fourth-order valence-corrected chi connectivity index (χ4v) is 4.15. The minimum atomic E-state index is -0.523. The molecule has 1 saturated carbocycles. The number of nitrogens with zero attached hydrogens (tertiary/aromatic N) is 2. The molecule has 1 atom stereocenters. The van der Waals surface area contributed by atoms with Crippen LogP contribution in [0.3, 0.4) is 0 Å². The minimum absolute atomic E-state index is 0.00605. The molecule has 3 N–H and O–H groups in total. The summed E-state index contributed by atoms with van der Waals surface area (Å²) in [4.78, 5) is 35.9. The van der Waals surface area contributed by atoms with E-state index in [-0.39, 0.29) is 28.9 Å². The molecule has 1 unspecified atom stereocenters. The average molecular weight is 520 g/mol. The van der Waals surface area contributed by atoms with Crippen molar-refractivity contribution in [2.24, 2.45) is 5.92 Å². The molecule has 1 aliphatic carbocycles. The van der Waals surface area contributed by atoms with Crippen molar-refractivity contribution >= 4 is 39.9 Å². The molecule has 1 fully saturated rings. The molecule has 0 bridgehead atoms. The average Bonchev–Trinajstić information content (AvgIpc) is 3.71. The monoisotopic (exact) mass is 519 g/mol. The predicted octanol–water partition coefficient (Wildman–Crippen LogP) is 3.92. The normalized spacial score (nSPS) is 14.0. The SMILES string of the molecule is CC(C)(C)ON(CC(Cc1ccccc1)NC(=S)NNC(=O)c1ccc2cnccc2c1)C(=O)C1CC1. The van der Waals surface area contributed by atoms with Crippen LogP contribution in [0, 0.1) is 5.92 Å². The number of thiocarbonyl (C=S) groups is 1. The summed E-state index contributed by atoms with van der Waals surface area (Å²) in [7, 11) is 0. The second kappa shape index (κ2) is 11.7. The second-order valence-corrected chi connectivity index (χ2v) is 10.7. The summed E-state index contributed by atoms with van der Waals surface area (Å²) in [6.45, 7) is 6.07. The third kappa shape index (κ3) is 7.96. The molecular formula is C28H33N5O3S. The Kier molecular flexibility index (Phi) is 8.35. The van der Waals surface area contributed by atoms with Gasteiger partial charge in [-0.15, -0.1) is 0 Å². The van der Waals surface area contributed by atoms with Crippen LogP contribution in [0.5, 0.6) is 0 Å². The van der Waals surface area contributed by atoms with E-state index in [9.17, 15) is 9.59 Å². The highest BCUT2D eigenvalue weighted by molar-refractivity contribution is 7.80. The first kappa shape index (κ1) is 26.5. The second-order valence-electron chi connectivity index (χ2n) is 10.3. The molecular weight excluding hydrogens is 486 g/mol. The summed E-state index contributed by atoms with van der Waals surface area (Å²) in [5.41, 5.74) is 6.51. The first-order chi connectivity index (χ1) is 17.7. The number of carbonyl (C=O) groups is 2. The van der Waals surface area contributed by atoms with Gasteiger partial charge in [0.05, 0.1) is 18.2 Å². The Morgan fingerprint density at radius 3 is 2.54 bits per heavy atom. The Hall–Kier alpha value is -3.56. The molecule has 9 heteroatoms. The predicted molar refractivity (Wildman–Crippen MR) is 147 cm³/mol. The molecule has 1 aliphatic rings. The van der Waals surface area contributed by atoms with Crippen molar-refractivity contribution in [1.82, 2.24) is 26.2 Å². The number of pyridine rings is 1. The van der Waals surface area contributed by atoms with Crippen LogP contribution < -0.4 is 16.2 Å². The Balaban J connectivity index is 1.41. The van der Waals surface area contributed by atoms with Gasteiger partial charge >= 0.3 is 0 Å². The van der Waals surface area contributed by atoms with Gasteiger partial charge in [-0.2, -0.15) is 0 Å². The fourth-order valence-electron chi connectivity index (χ4n) is 3.93. The van der Waals surface area contributed by atoms with Crippen LogP contribution in [0.4, 0.5) is 0 Å². The van der Waals surface area contributed by atoms with E-state index in [4.69, 9.17) is 17.1 Å². The molecule has 3 aromatic rings. The van der Waals surface area contributed by atoms with E-state index in [2.05, 4.69) is 21.2 Å². The Morgan fingerprint density at radius 1 is 1.08 bits per heavy atom. The third-order valence-corrected chi connectivity index (χ3v) is 6.02. The summed E-state index contributed by atoms with van der Waals surface area (Å²) in [6, 6.07) is 17.0. The number of hydrogen-bond donors (Lipinski definition) is 3. The number of nitrogens with one attached hydrogen (secondary N) is 3. The van der Waals surface area contributed by atoms with Crippen molar-refractivity contribution in [3.63, 3.8) is 0 Å². The third-order valence-electron chi connectivity index (χ3n) is 5.80. The Morgan fingerprint density at radius 2 is 1.84 bits per heavy atom. The number of amides is 2.